The zero-order chi connectivity index (χ0) is 30.1. The van der Waals surface area contributed by atoms with Gasteiger partial charge in [-0.2, -0.15) is 4.98 Å². The molecule has 7 N–H and O–H groups in total. The van der Waals surface area contributed by atoms with Crippen LogP contribution in [0.2, 0.25) is 0 Å². The molecule has 16 heteroatoms. The van der Waals surface area contributed by atoms with Crippen LogP contribution in [0.3, 0.4) is 0 Å². The van der Waals surface area contributed by atoms with Crippen molar-refractivity contribution in [2.45, 2.75) is 44.7 Å². The van der Waals surface area contributed by atoms with Gasteiger partial charge in [0.15, 0.2) is 11.2 Å². The van der Waals surface area contributed by atoms with Crippen LogP contribution in [-0.2, 0) is 29.6 Å². The van der Waals surface area contributed by atoms with Crippen LogP contribution in [-0.4, -0.2) is 70.4 Å². The van der Waals surface area contributed by atoms with Crippen molar-refractivity contribution in [2.75, 3.05) is 17.6 Å². The Labute approximate surface area is 239 Å². The Kier molecular flexibility index (Phi) is 9.70. The highest BCUT2D eigenvalue weighted by molar-refractivity contribution is 5.97. The molecule has 4 aromatic rings. The number of nitrogens with two attached hydrogens (primary N) is 1. The predicted molar refractivity (Wildman–Crippen MR) is 151 cm³/mol. The summed E-state index contributed by atoms with van der Waals surface area (Å²) in [5.41, 5.74) is 7.55. The second-order valence-electron chi connectivity index (χ2n) is 9.51. The number of fused-ring (bicyclic) bond motifs is 1. The van der Waals surface area contributed by atoms with E-state index < -0.39 is 29.4 Å². The van der Waals surface area contributed by atoms with Gasteiger partial charge in [-0.1, -0.05) is 5.21 Å². The van der Waals surface area contributed by atoms with Crippen molar-refractivity contribution in [3.63, 3.8) is 0 Å². The third kappa shape index (κ3) is 8.30. The molecule has 0 aliphatic heterocycles. The van der Waals surface area contributed by atoms with Crippen LogP contribution in [0.4, 0.5) is 11.6 Å². The summed E-state index contributed by atoms with van der Waals surface area (Å²) in [5, 5.41) is 25.5. The van der Waals surface area contributed by atoms with Gasteiger partial charge in [0.25, 0.3) is 11.5 Å². The van der Waals surface area contributed by atoms with E-state index in [9.17, 15) is 19.2 Å². The molecule has 42 heavy (non-hydrogen) atoms. The van der Waals surface area contributed by atoms with E-state index in [0.717, 1.165) is 18.5 Å². The molecule has 0 radical (unpaired) electrons. The fourth-order valence-corrected chi connectivity index (χ4v) is 4.04. The lowest BCUT2D eigenvalue weighted by molar-refractivity contribution is -0.137. The fraction of sp³-hybridized carbons (Fsp3) is 0.346. The van der Waals surface area contributed by atoms with Crippen molar-refractivity contribution in [3.8, 4) is 0 Å². The number of carboxylic acids is 1. The molecule has 2 amide bonds. The summed E-state index contributed by atoms with van der Waals surface area (Å²) in [4.78, 5) is 63.5. The Bertz CT molecular complexity index is 1620. The number of nitrogens with zero attached hydrogens (tertiary/aromatic N) is 6. The highest BCUT2D eigenvalue weighted by atomic mass is 16.4. The van der Waals surface area contributed by atoms with Gasteiger partial charge in [0, 0.05) is 37.5 Å². The monoisotopic (exact) mass is 577 g/mol. The normalized spacial score (nSPS) is 11.6. The number of nitrogens with one attached hydrogen (secondary N) is 4. The average Bonchev–Trinajstić information content (AvgIpc) is 3.38. The maximum absolute atomic E-state index is 12.9. The molecule has 3 heterocycles. The number of carboxylic acid groups (broad SMARTS) is 1. The summed E-state index contributed by atoms with van der Waals surface area (Å²) >= 11 is 0. The molecule has 0 saturated carbocycles. The van der Waals surface area contributed by atoms with Gasteiger partial charge in [-0.15, -0.1) is 5.10 Å². The predicted octanol–water partition coefficient (Wildman–Crippen LogP) is 0.138. The standard InChI is InChI=1S/C26H31N11O5/c1-37-14-17(35-36-37)4-2-3-11-28-24(41)19(9-10-20(38)39)32-23(40)15-5-7-16(8-6-15)29-12-18-13-30-22-21(31-18)25(42)34-26(27)33-22/h5-8,13-14,19,29H,2-4,9-12H2,1H3,(H,28,41)(H,32,40)(H,38,39)(H3,27,30,33,34,42)/t19-/m0/s1. The number of hydrogen-bond acceptors (Lipinski definition) is 11. The number of aromatic amines is 1. The molecule has 1 atom stereocenters. The molecule has 220 valence electrons. The summed E-state index contributed by atoms with van der Waals surface area (Å²) in [6.07, 6.45) is 5.16. The van der Waals surface area contributed by atoms with Crippen LogP contribution >= 0.6 is 0 Å². The Morgan fingerprint density at radius 2 is 1.90 bits per heavy atom. The van der Waals surface area contributed by atoms with Gasteiger partial charge in [0.2, 0.25) is 11.9 Å². The smallest absolute Gasteiger partial charge is 0.303 e. The first-order valence-electron chi connectivity index (χ1n) is 13.2. The Balaban J connectivity index is 1.29. The topological polar surface area (TPSA) is 236 Å². The average molecular weight is 578 g/mol. The molecule has 0 spiro atoms. The number of rotatable bonds is 14. The number of anilines is 2. The van der Waals surface area contributed by atoms with E-state index in [1.165, 1.54) is 6.20 Å². The first kappa shape index (κ1) is 29.6. The summed E-state index contributed by atoms with van der Waals surface area (Å²) in [7, 11) is 1.79. The molecule has 0 bridgehead atoms. The van der Waals surface area contributed by atoms with Gasteiger partial charge < -0.3 is 26.8 Å². The molecule has 1 aromatic carbocycles. The number of H-pyrrole nitrogens is 1. The van der Waals surface area contributed by atoms with Crippen LogP contribution in [0.5, 0.6) is 0 Å². The van der Waals surface area contributed by atoms with E-state index in [0.29, 0.717) is 29.9 Å². The molecular formula is C26H31N11O5. The number of aryl methyl sites for hydroxylation is 2. The number of hydrogen-bond donors (Lipinski definition) is 6. The zero-order valence-corrected chi connectivity index (χ0v) is 22.8. The van der Waals surface area contributed by atoms with Gasteiger partial charge in [-0.25, -0.2) is 9.97 Å². The van der Waals surface area contributed by atoms with Gasteiger partial charge in [-0.3, -0.25) is 28.8 Å². The Morgan fingerprint density at radius 3 is 2.62 bits per heavy atom. The number of unbranched alkanes of at least 4 members (excludes halogenated alkanes) is 1. The van der Waals surface area contributed by atoms with Gasteiger partial charge in [-0.05, 0) is 49.9 Å². The molecule has 3 aromatic heterocycles. The molecule has 0 saturated heterocycles. The molecule has 16 nitrogen and oxygen atoms in total. The molecule has 4 rings (SSSR count). The minimum Gasteiger partial charge on any atom is -0.481 e. The van der Waals surface area contributed by atoms with E-state index in [4.69, 9.17) is 10.8 Å². The lowest BCUT2D eigenvalue weighted by atomic mass is 10.1. The Hall–Kier alpha value is -5.41. The van der Waals surface area contributed by atoms with Gasteiger partial charge >= 0.3 is 5.97 Å². The maximum Gasteiger partial charge on any atom is 0.303 e. The Morgan fingerprint density at radius 1 is 1.12 bits per heavy atom. The number of aliphatic carboxylic acids is 1. The first-order chi connectivity index (χ1) is 20.2. The van der Waals surface area contributed by atoms with Crippen LogP contribution in [0.25, 0.3) is 11.2 Å². The third-order valence-electron chi connectivity index (χ3n) is 6.18. The van der Waals surface area contributed by atoms with Crippen LogP contribution in [0.1, 0.15) is 47.4 Å². The maximum atomic E-state index is 12.9. The van der Waals surface area contributed by atoms with Crippen molar-refractivity contribution in [3.05, 3.63) is 64.0 Å². The summed E-state index contributed by atoms with van der Waals surface area (Å²) in [6.45, 7) is 0.619. The van der Waals surface area contributed by atoms with Crippen molar-refractivity contribution in [1.29, 1.82) is 0 Å². The van der Waals surface area contributed by atoms with Crippen molar-refractivity contribution >= 4 is 40.6 Å². The summed E-state index contributed by atoms with van der Waals surface area (Å²) in [5.74, 6) is -2.07. The van der Waals surface area contributed by atoms with Crippen molar-refractivity contribution < 1.29 is 19.5 Å². The SMILES string of the molecule is Cn1cc(CCCCNC(=O)[C@H](CCC(=O)O)NC(=O)c2ccc(NCc3cnc4nc(N)[nH]c(=O)c4n3)cc2)nn1. The fourth-order valence-electron chi connectivity index (χ4n) is 4.04. The van der Waals surface area contributed by atoms with Gasteiger partial charge in [0.1, 0.15) is 6.04 Å². The molecule has 0 unspecified atom stereocenters. The van der Waals surface area contributed by atoms with Gasteiger partial charge in [0.05, 0.1) is 24.1 Å². The van der Waals surface area contributed by atoms with Crippen molar-refractivity contribution in [1.82, 2.24) is 45.6 Å². The lowest BCUT2D eigenvalue weighted by Crippen LogP contribution is -2.47. The largest absolute Gasteiger partial charge is 0.481 e. The molecule has 0 fully saturated rings. The minimum absolute atomic E-state index is 0.0451. The van der Waals surface area contributed by atoms with Crippen LogP contribution in [0.15, 0.2) is 41.5 Å². The third-order valence-corrected chi connectivity index (χ3v) is 6.18. The summed E-state index contributed by atoms with van der Waals surface area (Å²) in [6, 6.07) is 5.47. The highest BCUT2D eigenvalue weighted by Gasteiger charge is 2.22. The first-order valence-corrected chi connectivity index (χ1v) is 13.2. The molecular weight excluding hydrogens is 546 g/mol. The lowest BCUT2D eigenvalue weighted by Gasteiger charge is -2.18. The number of carbonyl (C=O) groups is 3. The van der Waals surface area contributed by atoms with Crippen LogP contribution < -0.4 is 27.2 Å². The van der Waals surface area contributed by atoms with E-state index in [1.807, 2.05) is 6.20 Å². The van der Waals surface area contributed by atoms with E-state index in [2.05, 4.69) is 46.2 Å². The number of benzene rings is 1. The number of aromatic nitrogens is 7. The van der Waals surface area contributed by atoms with E-state index in [-0.39, 0.29) is 36.5 Å². The highest BCUT2D eigenvalue weighted by Crippen LogP contribution is 2.12. The second kappa shape index (κ2) is 13.8. The number of nitrogen functional groups attached to an aromatic ring is 1. The number of amides is 2. The molecule has 0 aliphatic rings. The van der Waals surface area contributed by atoms with E-state index >= 15 is 0 Å². The molecule has 0 aliphatic carbocycles. The number of carbonyl (C=O) groups excluding carboxylic acids is 2. The quantitative estimate of drug-likeness (QED) is 0.110. The zero-order valence-electron chi connectivity index (χ0n) is 22.8. The summed E-state index contributed by atoms with van der Waals surface area (Å²) < 4.78 is 1.62. The van der Waals surface area contributed by atoms with Crippen molar-refractivity contribution in [2.24, 2.45) is 7.05 Å². The van der Waals surface area contributed by atoms with Crippen LogP contribution in [0, 0.1) is 0 Å². The minimum atomic E-state index is -1.07. The van der Waals surface area contributed by atoms with E-state index in [1.54, 1.807) is 36.0 Å². The second-order valence-corrected chi connectivity index (χ2v) is 9.51.